The van der Waals surface area contributed by atoms with Crippen LogP contribution in [0.4, 0.5) is 0 Å². The first-order valence-corrected chi connectivity index (χ1v) is 10.3. The summed E-state index contributed by atoms with van der Waals surface area (Å²) in [5.41, 5.74) is 2.53. The molecule has 4 rings (SSSR count). The molecule has 4 aromatic rings. The molecule has 1 amide bonds. The predicted octanol–water partition coefficient (Wildman–Crippen LogP) is 3.74. The molecule has 0 spiro atoms. The molecule has 0 aliphatic carbocycles. The van der Waals surface area contributed by atoms with E-state index < -0.39 is 0 Å². The minimum Gasteiger partial charge on any atom is -0.346 e. The van der Waals surface area contributed by atoms with Crippen molar-refractivity contribution in [3.63, 3.8) is 0 Å². The van der Waals surface area contributed by atoms with Gasteiger partial charge in [-0.15, -0.1) is 11.8 Å². The fraction of sp³-hybridized carbons (Fsp3) is 0.190. The van der Waals surface area contributed by atoms with Gasteiger partial charge in [-0.05, 0) is 55.8 Å². The maximum Gasteiger partial charge on any atom is 0.251 e. The van der Waals surface area contributed by atoms with Crippen LogP contribution in [0.1, 0.15) is 40.6 Å². The fourth-order valence-electron chi connectivity index (χ4n) is 2.87. The lowest BCUT2D eigenvalue weighted by Crippen LogP contribution is -2.26. The van der Waals surface area contributed by atoms with E-state index in [1.165, 1.54) is 6.33 Å². The standard InChI is InChI=1S/C21H20N6O2S/c1-14(16-3-7-18(8-4-16)27-13-22-12-23-27)24-21(28)17-5-9-19(10-6-17)30-11-20-25-15(2)26-29-20/h3-10,12-14H,11H2,1-2H3,(H,24,28)/t14-/m0/s1. The Morgan fingerprint density at radius 2 is 1.93 bits per heavy atom. The number of rotatable bonds is 7. The van der Waals surface area contributed by atoms with E-state index in [1.807, 2.05) is 55.5 Å². The Hall–Kier alpha value is -3.46. The number of nitrogens with zero attached hydrogens (tertiary/aromatic N) is 5. The zero-order valence-electron chi connectivity index (χ0n) is 16.5. The third kappa shape index (κ3) is 4.74. The van der Waals surface area contributed by atoms with E-state index in [9.17, 15) is 4.79 Å². The number of benzene rings is 2. The van der Waals surface area contributed by atoms with Crippen molar-refractivity contribution in [2.75, 3.05) is 0 Å². The van der Waals surface area contributed by atoms with Crippen LogP contribution in [0, 0.1) is 6.92 Å². The quantitative estimate of drug-likeness (QED) is 0.455. The minimum absolute atomic E-state index is 0.119. The smallest absolute Gasteiger partial charge is 0.251 e. The van der Waals surface area contributed by atoms with Gasteiger partial charge in [0.25, 0.3) is 5.91 Å². The number of amides is 1. The molecule has 0 bridgehead atoms. The molecule has 0 saturated heterocycles. The minimum atomic E-state index is -0.128. The average Bonchev–Trinajstić information content (AvgIpc) is 3.44. The van der Waals surface area contributed by atoms with E-state index in [0.29, 0.717) is 23.0 Å². The van der Waals surface area contributed by atoms with Crippen molar-refractivity contribution >= 4 is 17.7 Å². The molecule has 1 atom stereocenters. The molecule has 8 nitrogen and oxygen atoms in total. The van der Waals surface area contributed by atoms with Crippen molar-refractivity contribution in [3.8, 4) is 5.69 Å². The highest BCUT2D eigenvalue weighted by Gasteiger charge is 2.12. The zero-order chi connectivity index (χ0) is 20.9. The van der Waals surface area contributed by atoms with Gasteiger partial charge in [0.15, 0.2) is 5.82 Å². The van der Waals surface area contributed by atoms with Crippen molar-refractivity contribution < 1.29 is 9.32 Å². The van der Waals surface area contributed by atoms with Gasteiger partial charge in [0, 0.05) is 10.5 Å². The molecule has 152 valence electrons. The topological polar surface area (TPSA) is 98.7 Å². The molecular weight excluding hydrogens is 400 g/mol. The lowest BCUT2D eigenvalue weighted by atomic mass is 10.1. The number of carbonyl (C=O) groups is 1. The van der Waals surface area contributed by atoms with Crippen LogP contribution in [-0.4, -0.2) is 30.8 Å². The summed E-state index contributed by atoms with van der Waals surface area (Å²) in [6.07, 6.45) is 3.14. The summed E-state index contributed by atoms with van der Waals surface area (Å²) in [7, 11) is 0. The third-order valence-corrected chi connectivity index (χ3v) is 5.47. The van der Waals surface area contributed by atoms with Gasteiger partial charge >= 0.3 is 0 Å². The Morgan fingerprint density at radius 1 is 1.17 bits per heavy atom. The predicted molar refractivity (Wildman–Crippen MR) is 112 cm³/mol. The van der Waals surface area contributed by atoms with Crippen LogP contribution in [0.3, 0.4) is 0 Å². The Kier molecular flexibility index (Phi) is 5.89. The van der Waals surface area contributed by atoms with Crippen LogP contribution >= 0.6 is 11.8 Å². The summed E-state index contributed by atoms with van der Waals surface area (Å²) in [6.45, 7) is 3.75. The van der Waals surface area contributed by atoms with Crippen LogP contribution in [0.5, 0.6) is 0 Å². The van der Waals surface area contributed by atoms with Crippen molar-refractivity contribution in [1.29, 1.82) is 0 Å². The Balaban J connectivity index is 1.33. The number of nitrogens with one attached hydrogen (secondary N) is 1. The van der Waals surface area contributed by atoms with Crippen LogP contribution < -0.4 is 5.32 Å². The van der Waals surface area contributed by atoms with E-state index >= 15 is 0 Å². The van der Waals surface area contributed by atoms with Gasteiger partial charge in [0.2, 0.25) is 5.89 Å². The van der Waals surface area contributed by atoms with Crippen molar-refractivity contribution in [2.24, 2.45) is 0 Å². The van der Waals surface area contributed by atoms with Crippen molar-refractivity contribution in [1.82, 2.24) is 30.2 Å². The average molecular weight is 420 g/mol. The molecule has 2 aromatic heterocycles. The van der Waals surface area contributed by atoms with Gasteiger partial charge in [-0.1, -0.05) is 17.3 Å². The van der Waals surface area contributed by atoms with Gasteiger partial charge in [-0.3, -0.25) is 4.79 Å². The van der Waals surface area contributed by atoms with Crippen molar-refractivity contribution in [2.45, 2.75) is 30.5 Å². The van der Waals surface area contributed by atoms with E-state index in [-0.39, 0.29) is 11.9 Å². The molecule has 0 aliphatic rings. The lowest BCUT2D eigenvalue weighted by Gasteiger charge is -2.15. The Morgan fingerprint density at radius 3 is 2.57 bits per heavy atom. The molecule has 2 heterocycles. The molecule has 0 fully saturated rings. The molecule has 0 unspecified atom stereocenters. The lowest BCUT2D eigenvalue weighted by molar-refractivity contribution is 0.0940. The van der Waals surface area contributed by atoms with E-state index in [1.54, 1.807) is 29.7 Å². The molecule has 0 radical (unpaired) electrons. The third-order valence-electron chi connectivity index (χ3n) is 4.47. The van der Waals surface area contributed by atoms with E-state index in [4.69, 9.17) is 4.52 Å². The van der Waals surface area contributed by atoms with Gasteiger partial charge in [-0.2, -0.15) is 10.1 Å². The molecule has 2 aromatic carbocycles. The molecule has 0 saturated carbocycles. The second-order valence-electron chi connectivity index (χ2n) is 6.68. The monoisotopic (exact) mass is 420 g/mol. The first kappa shape index (κ1) is 19.8. The molecule has 0 aliphatic heterocycles. The van der Waals surface area contributed by atoms with Gasteiger partial charge in [0.1, 0.15) is 12.7 Å². The summed E-state index contributed by atoms with van der Waals surface area (Å²) in [4.78, 5) is 21.8. The maximum atomic E-state index is 12.6. The molecule has 30 heavy (non-hydrogen) atoms. The highest BCUT2D eigenvalue weighted by Crippen LogP contribution is 2.23. The fourth-order valence-corrected chi connectivity index (χ4v) is 3.60. The number of aryl methyl sites for hydroxylation is 1. The van der Waals surface area contributed by atoms with Gasteiger partial charge < -0.3 is 9.84 Å². The summed E-state index contributed by atoms with van der Waals surface area (Å²) < 4.78 is 6.79. The van der Waals surface area contributed by atoms with E-state index in [2.05, 4.69) is 25.5 Å². The second kappa shape index (κ2) is 8.91. The Bertz CT molecular complexity index is 1110. The van der Waals surface area contributed by atoms with Gasteiger partial charge in [-0.25, -0.2) is 9.67 Å². The highest BCUT2D eigenvalue weighted by molar-refractivity contribution is 7.98. The van der Waals surface area contributed by atoms with Crippen LogP contribution in [-0.2, 0) is 5.75 Å². The highest BCUT2D eigenvalue weighted by atomic mass is 32.2. The number of carbonyl (C=O) groups excluding carboxylic acids is 1. The summed E-state index contributed by atoms with van der Waals surface area (Å²) >= 11 is 1.58. The number of hydrogen-bond acceptors (Lipinski definition) is 7. The van der Waals surface area contributed by atoms with Crippen LogP contribution in [0.2, 0.25) is 0 Å². The Labute approximate surface area is 177 Å². The second-order valence-corrected chi connectivity index (χ2v) is 7.72. The molecular formula is C21H20N6O2S. The van der Waals surface area contributed by atoms with Crippen LogP contribution in [0.15, 0.2) is 70.6 Å². The SMILES string of the molecule is Cc1noc(CSc2ccc(C(=O)N[C@@H](C)c3ccc(-n4cncn4)cc3)cc2)n1. The normalized spacial score (nSPS) is 11.9. The summed E-state index contributed by atoms with van der Waals surface area (Å²) in [5.74, 6) is 1.68. The summed E-state index contributed by atoms with van der Waals surface area (Å²) in [5, 5.41) is 10.9. The zero-order valence-corrected chi connectivity index (χ0v) is 17.3. The molecule has 9 heteroatoms. The maximum absolute atomic E-state index is 12.6. The number of hydrogen-bond donors (Lipinski definition) is 1. The largest absolute Gasteiger partial charge is 0.346 e. The first-order chi connectivity index (χ1) is 14.6. The first-order valence-electron chi connectivity index (χ1n) is 9.36. The number of aromatic nitrogens is 5. The van der Waals surface area contributed by atoms with Gasteiger partial charge in [0.05, 0.1) is 17.5 Å². The number of thioether (sulfide) groups is 1. The summed E-state index contributed by atoms with van der Waals surface area (Å²) in [6, 6.07) is 15.2. The molecule has 1 N–H and O–H groups in total. The van der Waals surface area contributed by atoms with Crippen molar-refractivity contribution in [3.05, 3.63) is 84.0 Å². The van der Waals surface area contributed by atoms with Crippen LogP contribution in [0.25, 0.3) is 5.69 Å². The van der Waals surface area contributed by atoms with E-state index in [0.717, 1.165) is 16.1 Å².